The Morgan fingerprint density at radius 2 is 2.06 bits per heavy atom. The van der Waals surface area contributed by atoms with Crippen molar-refractivity contribution in [2.24, 2.45) is 0 Å². The Labute approximate surface area is 97.0 Å². The Balaban J connectivity index is 1.62. The fourth-order valence-electron chi connectivity index (χ4n) is 2.96. The van der Waals surface area contributed by atoms with Crippen molar-refractivity contribution in [1.82, 2.24) is 15.1 Å². The molecule has 0 aromatic heterocycles. The molecule has 2 unspecified atom stereocenters. The van der Waals surface area contributed by atoms with Crippen molar-refractivity contribution in [1.29, 1.82) is 0 Å². The summed E-state index contributed by atoms with van der Waals surface area (Å²) in [5, 5.41) is 3.10. The highest BCUT2D eigenvalue weighted by Gasteiger charge is 2.37. The van der Waals surface area contributed by atoms with E-state index in [4.69, 9.17) is 0 Å². The quantitative estimate of drug-likeness (QED) is 0.720. The second-order valence-corrected chi connectivity index (χ2v) is 5.52. The summed E-state index contributed by atoms with van der Waals surface area (Å²) < 4.78 is 0. The zero-order valence-corrected chi connectivity index (χ0v) is 9.98. The molecule has 3 rings (SSSR count). The maximum Gasteiger partial charge on any atom is 0.317 e. The van der Waals surface area contributed by atoms with Gasteiger partial charge >= 0.3 is 6.03 Å². The number of nitrogens with zero attached hydrogens (tertiary/aromatic N) is 2. The van der Waals surface area contributed by atoms with Crippen LogP contribution >= 0.6 is 0 Å². The minimum Gasteiger partial charge on any atom is -0.335 e. The number of fused-ring (bicyclic) bond motifs is 1. The molecule has 1 N–H and O–H groups in total. The number of nitrogens with one attached hydrogen (secondary N) is 1. The van der Waals surface area contributed by atoms with Crippen LogP contribution in [0.2, 0.25) is 0 Å². The highest BCUT2D eigenvalue weighted by molar-refractivity contribution is 5.75. The van der Waals surface area contributed by atoms with E-state index < -0.39 is 0 Å². The lowest BCUT2D eigenvalue weighted by atomic mass is 10.1. The molecule has 2 aliphatic heterocycles. The molecule has 0 radical (unpaired) electrons. The van der Waals surface area contributed by atoms with E-state index in [1.807, 2.05) is 4.90 Å². The van der Waals surface area contributed by atoms with Gasteiger partial charge in [-0.1, -0.05) is 0 Å². The van der Waals surface area contributed by atoms with Gasteiger partial charge in [-0.05, 0) is 39.2 Å². The van der Waals surface area contributed by atoms with Crippen molar-refractivity contribution in [2.45, 2.75) is 50.7 Å². The van der Waals surface area contributed by atoms with Crippen LogP contribution in [0.25, 0.3) is 0 Å². The van der Waals surface area contributed by atoms with E-state index in [9.17, 15) is 4.79 Å². The van der Waals surface area contributed by atoms with Crippen molar-refractivity contribution < 1.29 is 4.79 Å². The van der Waals surface area contributed by atoms with Gasteiger partial charge in [0.15, 0.2) is 0 Å². The van der Waals surface area contributed by atoms with Crippen LogP contribution in [0.1, 0.15) is 32.6 Å². The first-order valence-electron chi connectivity index (χ1n) is 6.55. The van der Waals surface area contributed by atoms with Gasteiger partial charge in [-0.15, -0.1) is 0 Å². The van der Waals surface area contributed by atoms with E-state index in [1.54, 1.807) is 0 Å². The molecule has 0 aromatic carbocycles. The summed E-state index contributed by atoms with van der Waals surface area (Å²) in [7, 11) is 0. The molecule has 2 amide bonds. The summed E-state index contributed by atoms with van der Waals surface area (Å²) >= 11 is 0. The number of hydrogen-bond donors (Lipinski definition) is 1. The number of carbonyl (C=O) groups is 1. The van der Waals surface area contributed by atoms with E-state index in [1.165, 1.54) is 32.2 Å². The van der Waals surface area contributed by atoms with Crippen LogP contribution in [0, 0.1) is 0 Å². The summed E-state index contributed by atoms with van der Waals surface area (Å²) in [4.78, 5) is 16.6. The van der Waals surface area contributed by atoms with Gasteiger partial charge in [-0.25, -0.2) is 4.79 Å². The molecule has 3 aliphatic rings. The number of piperazine rings is 1. The van der Waals surface area contributed by atoms with Gasteiger partial charge < -0.3 is 10.2 Å². The van der Waals surface area contributed by atoms with Crippen LogP contribution in [0.15, 0.2) is 0 Å². The topological polar surface area (TPSA) is 35.6 Å². The lowest BCUT2D eigenvalue weighted by Gasteiger charge is -2.42. The number of hydrogen-bond acceptors (Lipinski definition) is 2. The van der Waals surface area contributed by atoms with Crippen molar-refractivity contribution in [3.05, 3.63) is 0 Å². The monoisotopic (exact) mass is 223 g/mol. The fraction of sp³-hybridized carbons (Fsp3) is 0.917. The first-order chi connectivity index (χ1) is 7.74. The maximum atomic E-state index is 12.0. The van der Waals surface area contributed by atoms with Gasteiger partial charge in [0.25, 0.3) is 0 Å². The predicted octanol–water partition coefficient (Wildman–Crippen LogP) is 1.03. The molecule has 90 valence electrons. The van der Waals surface area contributed by atoms with Gasteiger partial charge in [0.1, 0.15) is 0 Å². The molecule has 16 heavy (non-hydrogen) atoms. The smallest absolute Gasteiger partial charge is 0.317 e. The van der Waals surface area contributed by atoms with Gasteiger partial charge in [0.05, 0.1) is 0 Å². The molecule has 0 aromatic rings. The van der Waals surface area contributed by atoms with Crippen LogP contribution < -0.4 is 5.32 Å². The third-order valence-electron chi connectivity index (χ3n) is 4.10. The van der Waals surface area contributed by atoms with Crippen LogP contribution in [-0.2, 0) is 0 Å². The van der Waals surface area contributed by atoms with Crippen LogP contribution in [0.4, 0.5) is 4.79 Å². The molecule has 2 atom stereocenters. The first-order valence-corrected chi connectivity index (χ1v) is 6.55. The molecule has 1 aliphatic carbocycles. The molecule has 2 heterocycles. The Hall–Kier alpha value is -0.770. The molecule has 4 heteroatoms. The van der Waals surface area contributed by atoms with Crippen molar-refractivity contribution >= 4 is 6.03 Å². The third kappa shape index (κ3) is 1.90. The van der Waals surface area contributed by atoms with Gasteiger partial charge in [0.2, 0.25) is 0 Å². The average Bonchev–Trinajstić information content (AvgIpc) is 2.94. The number of rotatable bonds is 1. The summed E-state index contributed by atoms with van der Waals surface area (Å²) in [5.74, 6) is 0. The minimum absolute atomic E-state index is 0.168. The Morgan fingerprint density at radius 3 is 2.81 bits per heavy atom. The second kappa shape index (κ2) is 3.91. The lowest BCUT2D eigenvalue weighted by Crippen LogP contribution is -2.59. The molecule has 3 fully saturated rings. The Bertz CT molecular complexity index is 290. The van der Waals surface area contributed by atoms with Crippen LogP contribution in [0.3, 0.4) is 0 Å². The SMILES string of the molecule is CC1CN2CCCC2CN1C(=O)NC1CC1. The maximum absolute atomic E-state index is 12.0. The number of urea groups is 1. The van der Waals surface area contributed by atoms with E-state index in [2.05, 4.69) is 17.1 Å². The number of amides is 2. The van der Waals surface area contributed by atoms with Gasteiger partial charge in [0, 0.05) is 31.2 Å². The van der Waals surface area contributed by atoms with Gasteiger partial charge in [-0.3, -0.25) is 4.90 Å². The minimum atomic E-state index is 0.168. The summed E-state index contributed by atoms with van der Waals surface area (Å²) in [6.07, 6.45) is 4.91. The molecule has 1 saturated carbocycles. The van der Waals surface area contributed by atoms with Crippen molar-refractivity contribution in [3.63, 3.8) is 0 Å². The van der Waals surface area contributed by atoms with Crippen molar-refractivity contribution in [2.75, 3.05) is 19.6 Å². The molecule has 0 spiro atoms. The molecule has 0 bridgehead atoms. The average molecular weight is 223 g/mol. The normalized spacial score (nSPS) is 34.9. The lowest BCUT2D eigenvalue weighted by molar-refractivity contribution is 0.0802. The largest absolute Gasteiger partial charge is 0.335 e. The Morgan fingerprint density at radius 1 is 1.25 bits per heavy atom. The van der Waals surface area contributed by atoms with Crippen LogP contribution in [0.5, 0.6) is 0 Å². The molecular weight excluding hydrogens is 202 g/mol. The van der Waals surface area contributed by atoms with E-state index >= 15 is 0 Å². The molecular formula is C12H21N3O. The Kier molecular flexibility index (Phi) is 2.54. The molecule has 2 saturated heterocycles. The molecule has 4 nitrogen and oxygen atoms in total. The zero-order chi connectivity index (χ0) is 11.1. The summed E-state index contributed by atoms with van der Waals surface area (Å²) in [5.41, 5.74) is 0. The standard InChI is InChI=1S/C12H21N3O/c1-9-7-14-6-2-3-11(14)8-15(9)12(16)13-10-4-5-10/h9-11H,2-8H2,1H3,(H,13,16). The number of carbonyl (C=O) groups excluding carboxylic acids is 1. The van der Waals surface area contributed by atoms with Gasteiger partial charge in [-0.2, -0.15) is 0 Å². The van der Waals surface area contributed by atoms with Crippen LogP contribution in [-0.4, -0.2) is 53.6 Å². The van der Waals surface area contributed by atoms with E-state index in [0.29, 0.717) is 18.1 Å². The summed E-state index contributed by atoms with van der Waals surface area (Å²) in [6, 6.07) is 1.64. The van der Waals surface area contributed by atoms with E-state index in [0.717, 1.165) is 13.1 Å². The zero-order valence-electron chi connectivity index (χ0n) is 9.98. The summed E-state index contributed by atoms with van der Waals surface area (Å²) in [6.45, 7) is 5.39. The fourth-order valence-corrected chi connectivity index (χ4v) is 2.96. The predicted molar refractivity (Wildman–Crippen MR) is 62.3 cm³/mol. The van der Waals surface area contributed by atoms with Crippen molar-refractivity contribution in [3.8, 4) is 0 Å². The highest BCUT2D eigenvalue weighted by Crippen LogP contribution is 2.25. The second-order valence-electron chi connectivity index (χ2n) is 5.52. The highest BCUT2D eigenvalue weighted by atomic mass is 16.2. The van der Waals surface area contributed by atoms with E-state index in [-0.39, 0.29) is 6.03 Å². The third-order valence-corrected chi connectivity index (χ3v) is 4.10. The first kappa shape index (κ1) is 10.4.